The second kappa shape index (κ2) is 7.28. The van der Waals surface area contributed by atoms with Crippen LogP contribution in [0.5, 0.6) is 0 Å². The zero-order valence-corrected chi connectivity index (χ0v) is 15.4. The van der Waals surface area contributed by atoms with Gasteiger partial charge in [0.2, 0.25) is 0 Å². The van der Waals surface area contributed by atoms with Crippen molar-refractivity contribution in [2.75, 3.05) is 6.61 Å². The van der Waals surface area contributed by atoms with Crippen molar-refractivity contribution < 1.29 is 24.5 Å². The van der Waals surface area contributed by atoms with Gasteiger partial charge in [0.05, 0.1) is 6.04 Å². The first-order valence-electron chi connectivity index (χ1n) is 9.58. The van der Waals surface area contributed by atoms with Crippen LogP contribution < -0.4 is 5.32 Å². The zero-order valence-electron chi connectivity index (χ0n) is 15.4. The topological polar surface area (TPSA) is 95.9 Å². The highest BCUT2D eigenvalue weighted by molar-refractivity contribution is 5.80. The zero-order chi connectivity index (χ0) is 19.7. The number of carbonyl (C=O) groups excluding carboxylic acids is 1. The van der Waals surface area contributed by atoms with Crippen molar-refractivity contribution in [1.29, 1.82) is 0 Å². The van der Waals surface area contributed by atoms with Gasteiger partial charge in [0.25, 0.3) is 0 Å². The third-order valence-corrected chi connectivity index (χ3v) is 5.88. The maximum atomic E-state index is 12.4. The number of carboxylic acid groups (broad SMARTS) is 1. The third kappa shape index (κ3) is 3.14. The van der Waals surface area contributed by atoms with Crippen molar-refractivity contribution in [3.8, 4) is 11.1 Å². The lowest BCUT2D eigenvalue weighted by atomic mass is 9.80. The quantitative estimate of drug-likeness (QED) is 0.755. The number of fused-ring (bicyclic) bond motifs is 3. The Morgan fingerprint density at radius 1 is 1.04 bits per heavy atom. The van der Waals surface area contributed by atoms with Gasteiger partial charge >= 0.3 is 12.1 Å². The smallest absolute Gasteiger partial charge is 0.407 e. The van der Waals surface area contributed by atoms with Crippen molar-refractivity contribution in [2.45, 2.75) is 43.2 Å². The molecule has 0 saturated heterocycles. The van der Waals surface area contributed by atoms with E-state index >= 15 is 0 Å². The van der Waals surface area contributed by atoms with E-state index in [1.54, 1.807) is 0 Å². The molecule has 0 aliphatic heterocycles. The summed E-state index contributed by atoms with van der Waals surface area (Å²) in [6, 6.07) is 15.2. The van der Waals surface area contributed by atoms with Gasteiger partial charge in [-0.25, -0.2) is 9.59 Å². The SMILES string of the molecule is O=C(NC1CCCCC1(O)C(=O)O)OCC1c2ccccc2-c2ccccc21. The molecule has 2 aromatic rings. The number of carbonyl (C=O) groups is 2. The fourth-order valence-corrected chi connectivity index (χ4v) is 4.39. The average molecular weight is 381 g/mol. The van der Waals surface area contributed by atoms with Crippen LogP contribution in [0.4, 0.5) is 4.79 Å². The second-order valence-electron chi connectivity index (χ2n) is 7.50. The number of benzene rings is 2. The van der Waals surface area contributed by atoms with Crippen molar-refractivity contribution in [2.24, 2.45) is 0 Å². The molecule has 4 rings (SSSR count). The summed E-state index contributed by atoms with van der Waals surface area (Å²) in [6.07, 6.45) is 1.20. The summed E-state index contributed by atoms with van der Waals surface area (Å²) < 4.78 is 5.46. The summed E-state index contributed by atoms with van der Waals surface area (Å²) in [7, 11) is 0. The van der Waals surface area contributed by atoms with Crippen LogP contribution >= 0.6 is 0 Å². The van der Waals surface area contributed by atoms with Crippen LogP contribution in [0.1, 0.15) is 42.7 Å². The number of alkyl carbamates (subject to hydrolysis) is 1. The number of rotatable bonds is 4. The Balaban J connectivity index is 1.46. The van der Waals surface area contributed by atoms with Gasteiger partial charge in [-0.3, -0.25) is 0 Å². The summed E-state index contributed by atoms with van der Waals surface area (Å²) in [5.41, 5.74) is 2.55. The number of nitrogens with one attached hydrogen (secondary N) is 1. The lowest BCUT2D eigenvalue weighted by Gasteiger charge is -2.36. The van der Waals surface area contributed by atoms with Crippen molar-refractivity contribution >= 4 is 12.1 Å². The normalized spacial score (nSPS) is 23.5. The molecule has 3 N–H and O–H groups in total. The molecule has 146 valence electrons. The first-order valence-corrected chi connectivity index (χ1v) is 9.58. The number of hydrogen-bond acceptors (Lipinski definition) is 4. The van der Waals surface area contributed by atoms with E-state index in [1.165, 1.54) is 0 Å². The fraction of sp³-hybridized carbons (Fsp3) is 0.364. The summed E-state index contributed by atoms with van der Waals surface area (Å²) in [4.78, 5) is 23.8. The number of carboxylic acids is 1. The molecule has 0 spiro atoms. The largest absolute Gasteiger partial charge is 0.479 e. The molecule has 2 aliphatic carbocycles. The van der Waals surface area contributed by atoms with Crippen LogP contribution in [0.25, 0.3) is 11.1 Å². The van der Waals surface area contributed by atoms with Crippen LogP contribution in [0, 0.1) is 0 Å². The van der Waals surface area contributed by atoms with Crippen molar-refractivity contribution in [3.05, 3.63) is 59.7 Å². The standard InChI is InChI=1S/C22H23NO5/c24-20(25)22(27)12-6-5-11-19(22)23-21(26)28-13-18-16-9-3-1-7-14(16)15-8-2-4-10-17(15)18/h1-4,7-10,18-19,27H,5-6,11-13H2,(H,23,26)(H,24,25). The minimum Gasteiger partial charge on any atom is -0.479 e. The third-order valence-electron chi connectivity index (χ3n) is 5.88. The fourth-order valence-electron chi connectivity index (χ4n) is 4.39. The Morgan fingerprint density at radius 2 is 1.64 bits per heavy atom. The number of hydrogen-bond donors (Lipinski definition) is 3. The number of ether oxygens (including phenoxy) is 1. The summed E-state index contributed by atoms with van der Waals surface area (Å²) >= 11 is 0. The molecule has 0 radical (unpaired) electrons. The molecular formula is C22H23NO5. The Hall–Kier alpha value is -2.86. The molecule has 2 aromatic carbocycles. The Bertz CT molecular complexity index is 866. The Kier molecular flexibility index (Phi) is 4.81. The maximum absolute atomic E-state index is 12.4. The van der Waals surface area contributed by atoms with E-state index < -0.39 is 23.7 Å². The predicted octanol–water partition coefficient (Wildman–Crippen LogP) is 3.28. The van der Waals surface area contributed by atoms with E-state index in [0.29, 0.717) is 12.8 Å². The average Bonchev–Trinajstić information content (AvgIpc) is 3.02. The molecule has 1 fully saturated rings. The molecule has 6 heteroatoms. The van der Waals surface area contributed by atoms with E-state index in [4.69, 9.17) is 4.74 Å². The van der Waals surface area contributed by atoms with Gasteiger partial charge in [0.15, 0.2) is 5.60 Å². The number of amides is 1. The molecule has 2 aliphatic rings. The van der Waals surface area contributed by atoms with E-state index in [0.717, 1.165) is 28.7 Å². The van der Waals surface area contributed by atoms with Crippen LogP contribution in [-0.4, -0.2) is 40.5 Å². The van der Waals surface area contributed by atoms with Gasteiger partial charge in [0.1, 0.15) is 6.61 Å². The highest BCUT2D eigenvalue weighted by atomic mass is 16.5. The van der Waals surface area contributed by atoms with E-state index in [1.807, 2.05) is 36.4 Å². The van der Waals surface area contributed by atoms with Gasteiger partial charge in [0, 0.05) is 5.92 Å². The Labute approximate surface area is 163 Å². The summed E-state index contributed by atoms with van der Waals surface area (Å²) in [5.74, 6) is -1.38. The van der Waals surface area contributed by atoms with Crippen LogP contribution in [0.2, 0.25) is 0 Å². The molecule has 0 heterocycles. The molecule has 2 unspecified atom stereocenters. The minimum atomic E-state index is -1.94. The lowest BCUT2D eigenvalue weighted by Crippen LogP contribution is -2.59. The molecule has 28 heavy (non-hydrogen) atoms. The molecule has 1 saturated carbocycles. The van der Waals surface area contributed by atoms with Gasteiger partial charge in [-0.1, -0.05) is 55.0 Å². The summed E-state index contributed by atoms with van der Waals surface area (Å²) in [5, 5.41) is 22.4. The van der Waals surface area contributed by atoms with Gasteiger partial charge in [-0.2, -0.15) is 0 Å². The minimum absolute atomic E-state index is 0.0668. The van der Waals surface area contributed by atoms with Crippen molar-refractivity contribution in [3.63, 3.8) is 0 Å². The highest BCUT2D eigenvalue weighted by Gasteiger charge is 2.46. The first kappa shape index (κ1) is 18.5. The maximum Gasteiger partial charge on any atom is 0.407 e. The lowest BCUT2D eigenvalue weighted by molar-refractivity contribution is -0.164. The number of aliphatic carboxylic acids is 1. The van der Waals surface area contributed by atoms with Gasteiger partial charge < -0.3 is 20.3 Å². The predicted molar refractivity (Wildman–Crippen MR) is 103 cm³/mol. The summed E-state index contributed by atoms with van der Waals surface area (Å²) in [6.45, 7) is 0.151. The second-order valence-corrected chi connectivity index (χ2v) is 7.50. The molecule has 1 amide bonds. The molecule has 2 atom stereocenters. The van der Waals surface area contributed by atoms with E-state index in [-0.39, 0.29) is 18.9 Å². The first-order chi connectivity index (χ1) is 13.5. The molecular weight excluding hydrogens is 358 g/mol. The van der Waals surface area contributed by atoms with Crippen molar-refractivity contribution in [1.82, 2.24) is 5.32 Å². The number of aliphatic hydroxyl groups is 1. The highest BCUT2D eigenvalue weighted by Crippen LogP contribution is 2.44. The van der Waals surface area contributed by atoms with Crippen LogP contribution in [0.15, 0.2) is 48.5 Å². The van der Waals surface area contributed by atoms with Crippen LogP contribution in [-0.2, 0) is 9.53 Å². The molecule has 0 bridgehead atoms. The molecule has 6 nitrogen and oxygen atoms in total. The molecule has 0 aromatic heterocycles. The van der Waals surface area contributed by atoms with Gasteiger partial charge in [-0.15, -0.1) is 0 Å². The Morgan fingerprint density at radius 3 is 2.25 bits per heavy atom. The van der Waals surface area contributed by atoms with Crippen LogP contribution in [0.3, 0.4) is 0 Å². The monoisotopic (exact) mass is 381 g/mol. The van der Waals surface area contributed by atoms with E-state index in [9.17, 15) is 19.8 Å². The van der Waals surface area contributed by atoms with E-state index in [2.05, 4.69) is 17.4 Å². The van der Waals surface area contributed by atoms with Gasteiger partial charge in [-0.05, 0) is 41.5 Å².